The van der Waals surface area contributed by atoms with Gasteiger partial charge in [0.1, 0.15) is 10.7 Å². The number of carbonyl (C=O) groups is 3. The molecule has 0 radical (unpaired) electrons. The van der Waals surface area contributed by atoms with E-state index in [0.29, 0.717) is 12.2 Å². The molecule has 1 heterocycles. The molecule has 9 heteroatoms. The Morgan fingerprint density at radius 2 is 1.66 bits per heavy atom. The van der Waals surface area contributed by atoms with Crippen LogP contribution in [0.2, 0.25) is 5.15 Å². The fraction of sp³-hybridized carbons (Fsp3) is 0.308. The first kappa shape index (κ1) is 26.0. The van der Waals surface area contributed by atoms with Crippen molar-refractivity contribution in [2.45, 2.75) is 34.2 Å². The summed E-state index contributed by atoms with van der Waals surface area (Å²) in [6, 6.07) is 13.6. The van der Waals surface area contributed by atoms with Gasteiger partial charge in [0.25, 0.3) is 5.91 Å². The van der Waals surface area contributed by atoms with Crippen molar-refractivity contribution >= 4 is 35.1 Å². The van der Waals surface area contributed by atoms with E-state index in [-0.39, 0.29) is 23.2 Å². The predicted molar refractivity (Wildman–Crippen MR) is 135 cm³/mol. The summed E-state index contributed by atoms with van der Waals surface area (Å²) in [5, 5.41) is 7.31. The molecule has 0 atom stereocenters. The summed E-state index contributed by atoms with van der Waals surface area (Å²) in [5.74, 6) is -1.61. The van der Waals surface area contributed by atoms with Gasteiger partial charge in [-0.15, -0.1) is 0 Å². The van der Waals surface area contributed by atoms with E-state index < -0.39 is 18.5 Å². The van der Waals surface area contributed by atoms with E-state index in [9.17, 15) is 14.4 Å². The van der Waals surface area contributed by atoms with Gasteiger partial charge in [0, 0.05) is 12.7 Å². The van der Waals surface area contributed by atoms with E-state index in [2.05, 4.69) is 10.4 Å². The summed E-state index contributed by atoms with van der Waals surface area (Å²) in [4.78, 5) is 38.7. The van der Waals surface area contributed by atoms with Crippen molar-refractivity contribution in [3.63, 3.8) is 0 Å². The van der Waals surface area contributed by atoms with Crippen molar-refractivity contribution in [3.05, 3.63) is 81.1 Å². The number of halogens is 1. The number of rotatable bonds is 8. The van der Waals surface area contributed by atoms with Crippen LogP contribution in [0.3, 0.4) is 0 Å². The van der Waals surface area contributed by atoms with Gasteiger partial charge in [-0.25, -0.2) is 9.48 Å². The molecule has 1 aromatic heterocycles. The minimum Gasteiger partial charge on any atom is -0.452 e. The number of aromatic nitrogens is 2. The van der Waals surface area contributed by atoms with Crippen LogP contribution in [0.5, 0.6) is 0 Å². The summed E-state index contributed by atoms with van der Waals surface area (Å²) >= 11 is 6.41. The number of nitrogens with zero attached hydrogens (tertiary/aromatic N) is 3. The van der Waals surface area contributed by atoms with Crippen LogP contribution in [0.25, 0.3) is 0 Å². The van der Waals surface area contributed by atoms with Crippen molar-refractivity contribution in [2.75, 3.05) is 25.5 Å². The third-order valence-electron chi connectivity index (χ3n) is 5.60. The van der Waals surface area contributed by atoms with Crippen LogP contribution in [0, 0.1) is 27.7 Å². The van der Waals surface area contributed by atoms with Gasteiger partial charge in [0.05, 0.1) is 18.8 Å². The molecular formula is C26H29ClN4O4. The lowest BCUT2D eigenvalue weighted by Crippen LogP contribution is -2.37. The summed E-state index contributed by atoms with van der Waals surface area (Å²) in [6.07, 6.45) is 0. The molecule has 2 amide bonds. The number of hydrogen-bond donors (Lipinski definition) is 1. The Labute approximate surface area is 209 Å². The number of carbonyl (C=O) groups excluding carboxylic acids is 3. The lowest BCUT2D eigenvalue weighted by Gasteiger charge is -2.18. The van der Waals surface area contributed by atoms with E-state index in [0.717, 1.165) is 27.9 Å². The SMILES string of the molecule is Cc1ccc(Cn2nc(C)c(C(=O)OCC(=O)N(C)CC(=O)Nc3c(C)cccc3C)c2Cl)cc1. The molecule has 0 bridgehead atoms. The Morgan fingerprint density at radius 3 is 2.29 bits per heavy atom. The highest BCUT2D eigenvalue weighted by Crippen LogP contribution is 2.22. The number of benzene rings is 2. The number of nitrogens with one attached hydrogen (secondary N) is 1. The fourth-order valence-electron chi connectivity index (χ4n) is 3.56. The molecule has 184 valence electrons. The zero-order valence-corrected chi connectivity index (χ0v) is 21.3. The van der Waals surface area contributed by atoms with Crippen LogP contribution >= 0.6 is 11.6 Å². The van der Waals surface area contributed by atoms with E-state index >= 15 is 0 Å². The summed E-state index contributed by atoms with van der Waals surface area (Å²) in [5.41, 5.74) is 5.21. The Balaban J connectivity index is 1.56. The van der Waals surface area contributed by atoms with Crippen molar-refractivity contribution in [1.29, 1.82) is 0 Å². The van der Waals surface area contributed by atoms with Gasteiger partial charge >= 0.3 is 5.97 Å². The van der Waals surface area contributed by atoms with E-state index in [1.54, 1.807) is 6.92 Å². The van der Waals surface area contributed by atoms with Gasteiger partial charge in [-0.3, -0.25) is 9.59 Å². The first-order chi connectivity index (χ1) is 16.6. The molecule has 0 aliphatic rings. The van der Waals surface area contributed by atoms with Gasteiger partial charge in [0.15, 0.2) is 6.61 Å². The van der Waals surface area contributed by atoms with Gasteiger partial charge in [-0.1, -0.05) is 59.6 Å². The molecule has 0 unspecified atom stereocenters. The largest absolute Gasteiger partial charge is 0.452 e. The fourth-order valence-corrected chi connectivity index (χ4v) is 3.87. The second kappa shape index (κ2) is 11.2. The zero-order chi connectivity index (χ0) is 25.7. The Bertz CT molecular complexity index is 1230. The van der Waals surface area contributed by atoms with Gasteiger partial charge in [-0.2, -0.15) is 5.10 Å². The molecular weight excluding hydrogens is 468 g/mol. The maximum Gasteiger partial charge on any atom is 0.343 e. The Hall–Kier alpha value is -3.65. The normalized spacial score (nSPS) is 10.7. The van der Waals surface area contributed by atoms with E-state index in [1.807, 2.05) is 63.2 Å². The number of anilines is 1. The van der Waals surface area contributed by atoms with Crippen LogP contribution in [-0.4, -0.2) is 52.7 Å². The first-order valence-corrected chi connectivity index (χ1v) is 11.5. The highest BCUT2D eigenvalue weighted by atomic mass is 35.5. The van der Waals surface area contributed by atoms with Gasteiger partial charge < -0.3 is 15.0 Å². The van der Waals surface area contributed by atoms with Crippen LogP contribution in [0.1, 0.15) is 38.3 Å². The molecule has 3 aromatic rings. The number of para-hydroxylation sites is 1. The zero-order valence-electron chi connectivity index (χ0n) is 20.5. The molecule has 2 aromatic carbocycles. The first-order valence-electron chi connectivity index (χ1n) is 11.1. The monoisotopic (exact) mass is 496 g/mol. The average Bonchev–Trinajstić information content (AvgIpc) is 3.08. The predicted octanol–water partition coefficient (Wildman–Crippen LogP) is 4.07. The highest BCUT2D eigenvalue weighted by Gasteiger charge is 2.23. The quantitative estimate of drug-likeness (QED) is 0.474. The van der Waals surface area contributed by atoms with Crippen molar-refractivity contribution in [1.82, 2.24) is 14.7 Å². The van der Waals surface area contributed by atoms with E-state index in [4.69, 9.17) is 16.3 Å². The third-order valence-corrected chi connectivity index (χ3v) is 5.99. The number of hydrogen-bond acceptors (Lipinski definition) is 5. The van der Waals surface area contributed by atoms with Crippen LogP contribution in [0.4, 0.5) is 5.69 Å². The molecule has 0 saturated heterocycles. The molecule has 1 N–H and O–H groups in total. The van der Waals surface area contributed by atoms with Crippen LogP contribution in [0.15, 0.2) is 42.5 Å². The number of aryl methyl sites for hydroxylation is 4. The number of amides is 2. The third kappa shape index (κ3) is 6.48. The number of ether oxygens (including phenoxy) is 1. The average molecular weight is 497 g/mol. The minimum atomic E-state index is -0.746. The van der Waals surface area contributed by atoms with Crippen LogP contribution in [-0.2, 0) is 20.9 Å². The number of likely N-dealkylation sites (N-methyl/N-ethyl adjacent to an activating group) is 1. The van der Waals surface area contributed by atoms with Crippen molar-refractivity contribution < 1.29 is 19.1 Å². The lowest BCUT2D eigenvalue weighted by atomic mass is 10.1. The topological polar surface area (TPSA) is 93.5 Å². The van der Waals surface area contributed by atoms with Crippen LogP contribution < -0.4 is 5.32 Å². The molecule has 3 rings (SSSR count). The van der Waals surface area contributed by atoms with Crippen molar-refractivity contribution in [3.8, 4) is 0 Å². The molecule has 0 aliphatic heterocycles. The maximum absolute atomic E-state index is 12.7. The molecule has 8 nitrogen and oxygen atoms in total. The smallest absolute Gasteiger partial charge is 0.343 e. The van der Waals surface area contributed by atoms with Gasteiger partial charge in [-0.05, 0) is 44.4 Å². The Morgan fingerprint density at radius 1 is 1.03 bits per heavy atom. The Kier molecular flexibility index (Phi) is 8.30. The minimum absolute atomic E-state index is 0.113. The second-order valence-corrected chi connectivity index (χ2v) is 8.89. The van der Waals surface area contributed by atoms with Crippen molar-refractivity contribution in [2.24, 2.45) is 0 Å². The molecule has 35 heavy (non-hydrogen) atoms. The molecule has 0 fully saturated rings. The molecule has 0 spiro atoms. The molecule has 0 aliphatic carbocycles. The second-order valence-electron chi connectivity index (χ2n) is 8.54. The summed E-state index contributed by atoms with van der Waals surface area (Å²) < 4.78 is 6.71. The van der Waals surface area contributed by atoms with E-state index in [1.165, 1.54) is 16.6 Å². The number of esters is 1. The van der Waals surface area contributed by atoms with Gasteiger partial charge in [0.2, 0.25) is 5.91 Å². The standard InChI is InChI=1S/C26H29ClN4O4/c1-16-9-11-20(12-10-16)13-31-25(27)23(19(4)29-31)26(34)35-15-22(33)30(5)14-21(32)28-24-17(2)7-6-8-18(24)3/h6-12H,13-15H2,1-5H3,(H,28,32). The maximum atomic E-state index is 12.7. The summed E-state index contributed by atoms with van der Waals surface area (Å²) in [7, 11) is 1.47. The molecule has 0 saturated carbocycles. The highest BCUT2D eigenvalue weighted by molar-refractivity contribution is 6.32. The lowest BCUT2D eigenvalue weighted by molar-refractivity contribution is -0.136. The summed E-state index contributed by atoms with van der Waals surface area (Å²) in [6.45, 7) is 7.13.